The predicted octanol–water partition coefficient (Wildman–Crippen LogP) is 10.5. The molecule has 2 aliphatic rings. The number of amidine groups is 2. The van der Waals surface area contributed by atoms with E-state index in [1.807, 2.05) is 48.7 Å². The Morgan fingerprint density at radius 1 is 0.588 bits per heavy atom. The minimum atomic E-state index is -0.166. The molecule has 2 aromatic heterocycles. The number of aliphatic imine (C=N–C) groups is 2. The van der Waals surface area contributed by atoms with Crippen molar-refractivity contribution in [2.45, 2.75) is 19.0 Å². The van der Waals surface area contributed by atoms with E-state index in [1.54, 1.807) is 0 Å². The quantitative estimate of drug-likeness (QED) is 0.167. The number of fused-ring (bicyclic) bond motifs is 3. The molecular weight excluding hydrogens is 623 g/mol. The Balaban J connectivity index is 1.06. The van der Waals surface area contributed by atoms with E-state index in [-0.39, 0.29) is 6.17 Å². The van der Waals surface area contributed by atoms with Gasteiger partial charge < -0.3 is 4.90 Å². The first kappa shape index (κ1) is 30.6. The Morgan fingerprint density at radius 3 is 2.04 bits per heavy atom. The second-order valence-electron chi connectivity index (χ2n) is 13.0. The molecular formula is C46H35N5. The highest BCUT2D eigenvalue weighted by atomic mass is 15.3. The predicted molar refractivity (Wildman–Crippen MR) is 211 cm³/mol. The summed E-state index contributed by atoms with van der Waals surface area (Å²) in [6.45, 7) is 0. The van der Waals surface area contributed by atoms with E-state index in [2.05, 4.69) is 132 Å². The number of rotatable bonds is 6. The van der Waals surface area contributed by atoms with Gasteiger partial charge in [-0.05, 0) is 58.9 Å². The van der Waals surface area contributed by atoms with Crippen LogP contribution >= 0.6 is 0 Å². The molecule has 0 saturated carbocycles. The van der Waals surface area contributed by atoms with Gasteiger partial charge >= 0.3 is 0 Å². The van der Waals surface area contributed by atoms with Crippen LogP contribution in [0.1, 0.15) is 46.8 Å². The van der Waals surface area contributed by atoms with Gasteiger partial charge in [-0.15, -0.1) is 0 Å². The lowest BCUT2D eigenvalue weighted by molar-refractivity contribution is 0.383. The largest absolute Gasteiger partial charge is 0.333 e. The van der Waals surface area contributed by atoms with Crippen molar-refractivity contribution >= 4 is 44.5 Å². The summed E-state index contributed by atoms with van der Waals surface area (Å²) in [5, 5.41) is 3.53. The third-order valence-electron chi connectivity index (χ3n) is 9.93. The fraction of sp³-hybridized carbons (Fsp3) is 0.0870. The summed E-state index contributed by atoms with van der Waals surface area (Å²) in [5.41, 5.74) is 11.2. The molecule has 1 atom stereocenters. The average Bonchev–Trinajstić information content (AvgIpc) is 3.21. The molecule has 3 heterocycles. The molecule has 0 bridgehead atoms. The molecule has 1 unspecified atom stereocenters. The molecule has 0 N–H and O–H groups in total. The van der Waals surface area contributed by atoms with Crippen molar-refractivity contribution in [3.63, 3.8) is 0 Å². The first-order chi connectivity index (χ1) is 25.2. The number of benzene rings is 5. The Kier molecular flexibility index (Phi) is 7.86. The number of aromatic nitrogens is 2. The van der Waals surface area contributed by atoms with E-state index in [9.17, 15) is 0 Å². The van der Waals surface area contributed by atoms with Crippen molar-refractivity contribution < 1.29 is 0 Å². The number of para-hydroxylation sites is 1. The van der Waals surface area contributed by atoms with Crippen LogP contribution in [0, 0.1) is 0 Å². The molecule has 7 aromatic rings. The van der Waals surface area contributed by atoms with Gasteiger partial charge in [-0.3, -0.25) is 4.98 Å². The minimum Gasteiger partial charge on any atom is -0.333 e. The highest BCUT2D eigenvalue weighted by molar-refractivity contribution is 6.15. The van der Waals surface area contributed by atoms with Crippen LogP contribution in [-0.4, -0.2) is 33.6 Å². The second-order valence-corrected chi connectivity index (χ2v) is 13.0. The summed E-state index contributed by atoms with van der Waals surface area (Å²) >= 11 is 0. The van der Waals surface area contributed by atoms with Gasteiger partial charge in [0.1, 0.15) is 12.0 Å². The maximum atomic E-state index is 5.10. The summed E-state index contributed by atoms with van der Waals surface area (Å²) in [4.78, 5) is 22.1. The first-order valence-electron chi connectivity index (χ1n) is 17.4. The maximum Gasteiger partial charge on any atom is 0.159 e. The van der Waals surface area contributed by atoms with Crippen LogP contribution in [0.25, 0.3) is 44.2 Å². The lowest BCUT2D eigenvalue weighted by Crippen LogP contribution is -2.35. The van der Waals surface area contributed by atoms with Crippen molar-refractivity contribution in [2.75, 3.05) is 7.05 Å². The van der Waals surface area contributed by atoms with Gasteiger partial charge in [0, 0.05) is 40.5 Å². The Hall–Kier alpha value is -6.46. The lowest BCUT2D eigenvalue weighted by atomic mass is 9.86. The van der Waals surface area contributed by atoms with Crippen LogP contribution in [0.4, 0.5) is 0 Å². The van der Waals surface area contributed by atoms with Crippen LogP contribution in [-0.2, 0) is 0 Å². The fourth-order valence-electron chi connectivity index (χ4n) is 7.35. The standard InChI is InChI=1S/C46H35N5/c1-51-45(35-15-6-3-7-16-35)49-44(34-13-4-2-5-14-34)50-46(51)36-28-24-32(25-29-36)31-22-26-33(27-23-31)37-18-12-19-39-42(37)38-17-8-9-20-40(38)48-43(39)41-21-10-11-30-47-41/h2-22,24-26,28-30,45H,23,27H2,1H3. The van der Waals surface area contributed by atoms with Crippen LogP contribution in [0.2, 0.25) is 0 Å². The van der Waals surface area contributed by atoms with Crippen LogP contribution in [0.15, 0.2) is 174 Å². The first-order valence-corrected chi connectivity index (χ1v) is 17.4. The van der Waals surface area contributed by atoms with Gasteiger partial charge in [0.05, 0.1) is 16.9 Å². The third kappa shape index (κ3) is 5.73. The van der Waals surface area contributed by atoms with Crippen LogP contribution in [0.5, 0.6) is 0 Å². The molecule has 5 aromatic carbocycles. The highest BCUT2D eigenvalue weighted by Crippen LogP contribution is 2.40. The molecule has 0 spiro atoms. The normalized spacial score (nSPS) is 16.0. The van der Waals surface area contributed by atoms with Gasteiger partial charge in [0.15, 0.2) is 5.84 Å². The second kappa shape index (κ2) is 13.1. The molecule has 0 fully saturated rings. The van der Waals surface area contributed by atoms with Gasteiger partial charge in [-0.1, -0.05) is 140 Å². The molecule has 1 aliphatic carbocycles. The maximum absolute atomic E-state index is 5.10. The molecule has 1 aliphatic heterocycles. The summed E-state index contributed by atoms with van der Waals surface area (Å²) in [5.74, 6) is 1.66. The van der Waals surface area contributed by atoms with E-state index in [4.69, 9.17) is 15.0 Å². The van der Waals surface area contributed by atoms with Crippen LogP contribution < -0.4 is 0 Å². The van der Waals surface area contributed by atoms with Gasteiger partial charge in [0.25, 0.3) is 0 Å². The van der Waals surface area contributed by atoms with Crippen molar-refractivity contribution in [3.8, 4) is 11.4 Å². The molecule has 0 saturated heterocycles. The zero-order valence-corrected chi connectivity index (χ0v) is 28.3. The zero-order valence-electron chi connectivity index (χ0n) is 28.3. The Morgan fingerprint density at radius 2 is 1.27 bits per heavy atom. The summed E-state index contributed by atoms with van der Waals surface area (Å²) < 4.78 is 0. The average molecular weight is 658 g/mol. The van der Waals surface area contributed by atoms with Crippen molar-refractivity contribution in [1.82, 2.24) is 14.9 Å². The van der Waals surface area contributed by atoms with E-state index in [0.717, 1.165) is 63.5 Å². The van der Waals surface area contributed by atoms with Gasteiger partial charge in [-0.2, -0.15) is 0 Å². The molecule has 5 nitrogen and oxygen atoms in total. The number of allylic oxidation sites excluding steroid dienone is 4. The van der Waals surface area contributed by atoms with E-state index in [0.29, 0.717) is 0 Å². The summed E-state index contributed by atoms with van der Waals surface area (Å²) in [6, 6.07) is 50.6. The Bertz CT molecular complexity index is 2520. The van der Waals surface area contributed by atoms with Crippen molar-refractivity contribution in [2.24, 2.45) is 9.98 Å². The number of nitrogens with zero attached hydrogens (tertiary/aromatic N) is 5. The van der Waals surface area contributed by atoms with Crippen molar-refractivity contribution in [1.29, 1.82) is 0 Å². The fourth-order valence-corrected chi connectivity index (χ4v) is 7.35. The van der Waals surface area contributed by atoms with E-state index in [1.165, 1.54) is 33.0 Å². The SMILES string of the molecule is CN1C(c2ccc(C3=CC=C(c4cccc5c(-c6ccccn6)nc6ccccc6c45)CC3)cc2)=NC(c2ccccc2)=NC1c1ccccc1. The molecule has 5 heteroatoms. The van der Waals surface area contributed by atoms with E-state index < -0.39 is 0 Å². The molecule has 51 heavy (non-hydrogen) atoms. The Labute approximate surface area is 297 Å². The molecule has 0 amide bonds. The van der Waals surface area contributed by atoms with Gasteiger partial charge in [0.2, 0.25) is 0 Å². The monoisotopic (exact) mass is 657 g/mol. The number of hydrogen-bond donors (Lipinski definition) is 0. The minimum absolute atomic E-state index is 0.166. The van der Waals surface area contributed by atoms with Crippen molar-refractivity contribution in [3.05, 3.63) is 192 Å². The summed E-state index contributed by atoms with van der Waals surface area (Å²) in [6.07, 6.45) is 8.19. The molecule has 244 valence electrons. The topological polar surface area (TPSA) is 53.7 Å². The lowest BCUT2D eigenvalue weighted by Gasteiger charge is -2.32. The molecule has 0 radical (unpaired) electrons. The van der Waals surface area contributed by atoms with Gasteiger partial charge in [-0.25, -0.2) is 15.0 Å². The van der Waals surface area contributed by atoms with Crippen LogP contribution in [0.3, 0.4) is 0 Å². The smallest absolute Gasteiger partial charge is 0.159 e. The summed E-state index contributed by atoms with van der Waals surface area (Å²) in [7, 11) is 2.08. The zero-order chi connectivity index (χ0) is 34.1. The highest BCUT2D eigenvalue weighted by Gasteiger charge is 2.27. The molecule has 9 rings (SSSR count). The third-order valence-corrected chi connectivity index (χ3v) is 9.93. The number of hydrogen-bond acceptors (Lipinski definition) is 5. The van der Waals surface area contributed by atoms with E-state index >= 15 is 0 Å². The number of pyridine rings is 2.